The first-order valence-corrected chi connectivity index (χ1v) is 8.06. The molecule has 1 heterocycles. The van der Waals surface area contributed by atoms with Gasteiger partial charge in [-0.2, -0.15) is 0 Å². The Morgan fingerprint density at radius 1 is 1.00 bits per heavy atom. The number of esters is 2. The molecule has 1 aliphatic heterocycles. The second-order valence-electron chi connectivity index (χ2n) is 7.06. The highest BCUT2D eigenvalue weighted by molar-refractivity contribution is 5.94. The molecule has 0 aromatic heterocycles. The van der Waals surface area contributed by atoms with Gasteiger partial charge < -0.3 is 9.47 Å². The summed E-state index contributed by atoms with van der Waals surface area (Å²) in [6.45, 7) is 11.3. The van der Waals surface area contributed by atoms with Crippen LogP contribution in [0.3, 0.4) is 0 Å². The molecular weight excluding hydrogens is 298 g/mol. The lowest BCUT2D eigenvalue weighted by Gasteiger charge is -2.48. The van der Waals surface area contributed by atoms with Crippen molar-refractivity contribution in [3.63, 3.8) is 0 Å². The van der Waals surface area contributed by atoms with Gasteiger partial charge in [0.15, 0.2) is 0 Å². The van der Waals surface area contributed by atoms with E-state index in [2.05, 4.69) is 0 Å². The highest BCUT2D eigenvalue weighted by Crippen LogP contribution is 2.41. The molecule has 1 fully saturated rings. The smallest absolute Gasteiger partial charge is 0.334 e. The van der Waals surface area contributed by atoms with Crippen LogP contribution in [-0.4, -0.2) is 41.3 Å². The van der Waals surface area contributed by atoms with E-state index in [-0.39, 0.29) is 19.6 Å². The van der Waals surface area contributed by atoms with Crippen molar-refractivity contribution < 1.29 is 24.3 Å². The number of ether oxygens (including phenoxy) is 2. The van der Waals surface area contributed by atoms with Crippen molar-refractivity contribution in [2.75, 3.05) is 13.2 Å². The van der Waals surface area contributed by atoms with Gasteiger partial charge in [0, 0.05) is 16.7 Å². The molecule has 23 heavy (non-hydrogen) atoms. The zero-order chi connectivity index (χ0) is 17.8. The minimum absolute atomic E-state index is 0.118. The molecule has 6 nitrogen and oxygen atoms in total. The van der Waals surface area contributed by atoms with E-state index in [0.717, 1.165) is 10.6 Å². The predicted molar refractivity (Wildman–Crippen MR) is 84.8 cm³/mol. The SMILES string of the molecule is CCOC(=O)CC(C(=O)OCC)=C1CC(C)(C)N([O])C(C)(C)C1. The largest absolute Gasteiger partial charge is 0.466 e. The van der Waals surface area contributed by atoms with Gasteiger partial charge >= 0.3 is 11.9 Å². The summed E-state index contributed by atoms with van der Waals surface area (Å²) in [4.78, 5) is 24.2. The third-order valence-electron chi connectivity index (χ3n) is 3.97. The summed E-state index contributed by atoms with van der Waals surface area (Å²) in [5, 5.41) is 13.5. The fourth-order valence-corrected chi connectivity index (χ4v) is 3.20. The van der Waals surface area contributed by atoms with Crippen molar-refractivity contribution in [2.45, 2.75) is 71.9 Å². The van der Waals surface area contributed by atoms with Crippen molar-refractivity contribution >= 4 is 11.9 Å². The van der Waals surface area contributed by atoms with Gasteiger partial charge in [0.25, 0.3) is 0 Å². The number of rotatable bonds is 5. The summed E-state index contributed by atoms with van der Waals surface area (Å²) in [7, 11) is 0. The van der Waals surface area contributed by atoms with Gasteiger partial charge in [0.1, 0.15) is 0 Å². The normalized spacial score (nSPS) is 20.0. The van der Waals surface area contributed by atoms with E-state index in [9.17, 15) is 14.8 Å². The average Bonchev–Trinajstić information content (AvgIpc) is 2.42. The molecule has 0 aliphatic carbocycles. The van der Waals surface area contributed by atoms with Crippen LogP contribution in [0.15, 0.2) is 11.1 Å². The molecule has 0 N–H and O–H groups in total. The first-order valence-electron chi connectivity index (χ1n) is 8.06. The lowest BCUT2D eigenvalue weighted by molar-refractivity contribution is -0.279. The minimum atomic E-state index is -0.649. The molecule has 1 radical (unpaired) electrons. The van der Waals surface area contributed by atoms with Gasteiger partial charge in [-0.1, -0.05) is 5.57 Å². The zero-order valence-electron chi connectivity index (χ0n) is 15.0. The number of hydrogen-bond donors (Lipinski definition) is 0. The average molecular weight is 326 g/mol. The Balaban J connectivity index is 3.23. The summed E-state index contributed by atoms with van der Waals surface area (Å²) < 4.78 is 10.1. The van der Waals surface area contributed by atoms with Gasteiger partial charge in [0.2, 0.25) is 0 Å². The van der Waals surface area contributed by atoms with Crippen molar-refractivity contribution in [2.24, 2.45) is 0 Å². The van der Waals surface area contributed by atoms with Gasteiger partial charge in [-0.05, 0) is 54.4 Å². The van der Waals surface area contributed by atoms with E-state index in [0.29, 0.717) is 18.4 Å². The number of piperidine rings is 1. The first kappa shape index (κ1) is 19.6. The van der Waals surface area contributed by atoms with Crippen LogP contribution in [0.4, 0.5) is 0 Å². The van der Waals surface area contributed by atoms with E-state index in [1.165, 1.54) is 0 Å². The van der Waals surface area contributed by atoms with Gasteiger partial charge in [-0.3, -0.25) is 4.79 Å². The fraction of sp³-hybridized carbons (Fsp3) is 0.765. The van der Waals surface area contributed by atoms with Crippen molar-refractivity contribution in [1.82, 2.24) is 5.06 Å². The van der Waals surface area contributed by atoms with E-state index in [4.69, 9.17) is 9.47 Å². The summed E-state index contributed by atoms with van der Waals surface area (Å²) in [6, 6.07) is 0. The van der Waals surface area contributed by atoms with Crippen LogP contribution >= 0.6 is 0 Å². The van der Waals surface area contributed by atoms with Crippen LogP contribution in [0.1, 0.15) is 60.8 Å². The molecule has 0 aromatic carbocycles. The van der Waals surface area contributed by atoms with Gasteiger partial charge in [-0.15, -0.1) is 10.3 Å². The van der Waals surface area contributed by atoms with E-state index in [1.807, 2.05) is 27.7 Å². The zero-order valence-corrected chi connectivity index (χ0v) is 15.0. The van der Waals surface area contributed by atoms with Crippen LogP contribution in [0, 0.1) is 0 Å². The van der Waals surface area contributed by atoms with Crippen LogP contribution < -0.4 is 0 Å². The monoisotopic (exact) mass is 326 g/mol. The maximum atomic E-state index is 12.4. The fourth-order valence-electron chi connectivity index (χ4n) is 3.20. The lowest BCUT2D eigenvalue weighted by Crippen LogP contribution is -2.56. The van der Waals surface area contributed by atoms with Crippen molar-refractivity contribution in [1.29, 1.82) is 0 Å². The summed E-state index contributed by atoms with van der Waals surface area (Å²) in [5.41, 5.74) is -0.161. The maximum Gasteiger partial charge on any atom is 0.334 e. The molecule has 1 aliphatic rings. The number of carbonyl (C=O) groups excluding carboxylic acids is 2. The van der Waals surface area contributed by atoms with Crippen LogP contribution in [0.25, 0.3) is 0 Å². The highest BCUT2D eigenvalue weighted by atomic mass is 16.5. The second kappa shape index (κ2) is 7.45. The summed E-state index contributed by atoms with van der Waals surface area (Å²) in [5.74, 6) is -0.954. The molecule has 0 saturated carbocycles. The third-order valence-corrected chi connectivity index (χ3v) is 3.97. The van der Waals surface area contributed by atoms with Crippen molar-refractivity contribution in [3.8, 4) is 0 Å². The second-order valence-corrected chi connectivity index (χ2v) is 7.06. The molecule has 0 aromatic rings. The first-order chi connectivity index (χ1) is 10.5. The Labute approximate surface area is 138 Å². The number of hydrogen-bond acceptors (Lipinski definition) is 5. The van der Waals surface area contributed by atoms with Crippen LogP contribution in [-0.2, 0) is 24.3 Å². The van der Waals surface area contributed by atoms with E-state index >= 15 is 0 Å². The molecule has 0 bridgehead atoms. The van der Waals surface area contributed by atoms with Gasteiger partial charge in [-0.25, -0.2) is 4.79 Å². The van der Waals surface area contributed by atoms with Gasteiger partial charge in [0.05, 0.1) is 19.6 Å². The molecule has 0 spiro atoms. The Bertz CT molecular complexity index is 473. The Morgan fingerprint density at radius 2 is 1.48 bits per heavy atom. The van der Waals surface area contributed by atoms with Crippen LogP contribution in [0.5, 0.6) is 0 Å². The minimum Gasteiger partial charge on any atom is -0.466 e. The highest BCUT2D eigenvalue weighted by Gasteiger charge is 2.45. The standard InChI is InChI=1S/C17H28NO5/c1-7-22-14(19)9-13(15(20)23-8-2)12-10-16(3,4)18(21)17(5,6)11-12/h7-11H2,1-6H3. The number of nitrogens with zero attached hydrogens (tertiary/aromatic N) is 1. The number of hydroxylamine groups is 2. The third kappa shape index (κ3) is 4.78. The topological polar surface area (TPSA) is 75.7 Å². The quantitative estimate of drug-likeness (QED) is 0.573. The summed E-state index contributed by atoms with van der Waals surface area (Å²) in [6.07, 6.45) is 0.730. The Hall–Kier alpha value is -1.40. The molecular formula is C17H28NO5. The number of carbonyl (C=O) groups is 2. The molecule has 131 valence electrons. The Morgan fingerprint density at radius 3 is 1.91 bits per heavy atom. The molecule has 1 rings (SSSR count). The molecule has 0 amide bonds. The maximum absolute atomic E-state index is 12.4. The molecule has 0 atom stereocenters. The molecule has 1 saturated heterocycles. The van der Waals surface area contributed by atoms with Crippen LogP contribution in [0.2, 0.25) is 0 Å². The van der Waals surface area contributed by atoms with E-state index < -0.39 is 23.0 Å². The summed E-state index contributed by atoms with van der Waals surface area (Å²) >= 11 is 0. The lowest BCUT2D eigenvalue weighted by atomic mass is 9.76. The molecule has 6 heteroatoms. The predicted octanol–water partition coefficient (Wildman–Crippen LogP) is 2.80. The molecule has 0 unspecified atom stereocenters. The van der Waals surface area contributed by atoms with E-state index in [1.54, 1.807) is 13.8 Å². The van der Waals surface area contributed by atoms with Crippen molar-refractivity contribution in [3.05, 3.63) is 11.1 Å². The Kier molecular flexibility index (Phi) is 6.36.